The first kappa shape index (κ1) is 22.0. The predicted molar refractivity (Wildman–Crippen MR) is 125 cm³/mol. The summed E-state index contributed by atoms with van der Waals surface area (Å²) in [5.74, 6) is 1.10. The van der Waals surface area contributed by atoms with Crippen LogP contribution >= 0.6 is 0 Å². The summed E-state index contributed by atoms with van der Waals surface area (Å²) in [5.41, 5.74) is 3.81. The molecule has 0 aliphatic rings. The van der Waals surface area contributed by atoms with Gasteiger partial charge in [0.25, 0.3) is 11.4 Å². The number of benzene rings is 2. The van der Waals surface area contributed by atoms with Gasteiger partial charge < -0.3 is 19.1 Å². The van der Waals surface area contributed by atoms with E-state index in [1.54, 1.807) is 19.4 Å². The molecule has 4 aromatic rings. The maximum Gasteiger partial charge on any atom is 0.259 e. The summed E-state index contributed by atoms with van der Waals surface area (Å²) in [6.45, 7) is 3.84. The van der Waals surface area contributed by atoms with Crippen molar-refractivity contribution in [1.82, 2.24) is 14.7 Å². The quantitative estimate of drug-likeness (QED) is 0.461. The molecule has 2 aromatic carbocycles. The summed E-state index contributed by atoms with van der Waals surface area (Å²) in [5, 5.41) is 6.96. The molecule has 0 aliphatic heterocycles. The van der Waals surface area contributed by atoms with Crippen LogP contribution in [0.3, 0.4) is 0 Å². The van der Waals surface area contributed by atoms with E-state index in [0.29, 0.717) is 11.4 Å². The number of hydrogen-bond acceptors (Lipinski definition) is 6. The first-order valence-corrected chi connectivity index (χ1v) is 10.6. The van der Waals surface area contributed by atoms with Crippen LogP contribution in [0.25, 0.3) is 22.8 Å². The summed E-state index contributed by atoms with van der Waals surface area (Å²) in [6.07, 6.45) is 2.34. The number of carbonyl (C=O) groups excluding carboxylic acids is 1. The van der Waals surface area contributed by atoms with Crippen molar-refractivity contribution in [2.75, 3.05) is 12.4 Å². The number of methoxy groups -OCH3 is 1. The number of pyridine rings is 1. The minimum Gasteiger partial charge on any atom is -0.497 e. The Bertz CT molecular complexity index is 1340. The van der Waals surface area contributed by atoms with Crippen molar-refractivity contribution in [2.24, 2.45) is 0 Å². The number of para-hydroxylation sites is 1. The molecule has 33 heavy (non-hydrogen) atoms. The predicted octanol–water partition coefficient (Wildman–Crippen LogP) is 4.08. The normalized spacial score (nSPS) is 10.8. The molecule has 168 valence electrons. The lowest BCUT2D eigenvalue weighted by atomic mass is 10.1. The Labute approximate surface area is 190 Å². The molecule has 4 rings (SSSR count). The van der Waals surface area contributed by atoms with E-state index in [1.165, 1.54) is 10.6 Å². The molecule has 0 atom stereocenters. The van der Waals surface area contributed by atoms with Crippen LogP contribution in [0, 0.1) is 6.92 Å². The van der Waals surface area contributed by atoms with Gasteiger partial charge in [0.1, 0.15) is 12.3 Å². The average Bonchev–Trinajstić information content (AvgIpc) is 3.32. The van der Waals surface area contributed by atoms with Crippen LogP contribution < -0.4 is 15.6 Å². The van der Waals surface area contributed by atoms with Crippen molar-refractivity contribution in [3.05, 3.63) is 82.3 Å². The Morgan fingerprint density at radius 3 is 2.58 bits per heavy atom. The molecule has 0 spiro atoms. The lowest BCUT2D eigenvalue weighted by Gasteiger charge is -2.13. The molecule has 2 aromatic heterocycles. The summed E-state index contributed by atoms with van der Waals surface area (Å²) in [7, 11) is 1.60. The molecule has 0 fully saturated rings. The van der Waals surface area contributed by atoms with E-state index in [4.69, 9.17) is 9.26 Å². The van der Waals surface area contributed by atoms with E-state index in [0.717, 1.165) is 34.5 Å². The van der Waals surface area contributed by atoms with Gasteiger partial charge in [-0.3, -0.25) is 9.59 Å². The largest absolute Gasteiger partial charge is 0.497 e. The zero-order valence-electron chi connectivity index (χ0n) is 18.7. The summed E-state index contributed by atoms with van der Waals surface area (Å²) in [4.78, 5) is 29.5. The highest BCUT2D eigenvalue weighted by molar-refractivity contribution is 5.92. The minimum atomic E-state index is -0.302. The van der Waals surface area contributed by atoms with Crippen molar-refractivity contribution in [3.63, 3.8) is 0 Å². The highest BCUT2D eigenvalue weighted by Crippen LogP contribution is 2.24. The van der Waals surface area contributed by atoms with E-state index < -0.39 is 0 Å². The zero-order chi connectivity index (χ0) is 23.4. The van der Waals surface area contributed by atoms with E-state index in [9.17, 15) is 9.59 Å². The summed E-state index contributed by atoms with van der Waals surface area (Å²) in [6, 6.07) is 16.1. The molecular weight excluding hydrogens is 420 g/mol. The third-order valence-corrected chi connectivity index (χ3v) is 5.32. The van der Waals surface area contributed by atoms with Gasteiger partial charge in [-0.15, -0.1) is 0 Å². The van der Waals surface area contributed by atoms with Crippen molar-refractivity contribution in [1.29, 1.82) is 0 Å². The number of hydrogen-bond donors (Lipinski definition) is 1. The number of rotatable bonds is 7. The number of aromatic nitrogens is 3. The van der Waals surface area contributed by atoms with Crippen molar-refractivity contribution >= 4 is 11.6 Å². The number of amides is 1. The average molecular weight is 444 g/mol. The van der Waals surface area contributed by atoms with Crippen LogP contribution in [-0.2, 0) is 17.8 Å². The molecule has 0 radical (unpaired) electrons. The third kappa shape index (κ3) is 4.85. The number of nitrogens with one attached hydrogen (secondary N) is 1. The second-order valence-electron chi connectivity index (χ2n) is 7.55. The fourth-order valence-corrected chi connectivity index (χ4v) is 3.52. The van der Waals surface area contributed by atoms with Gasteiger partial charge in [-0.25, -0.2) is 0 Å². The van der Waals surface area contributed by atoms with Crippen LogP contribution in [0.5, 0.6) is 5.75 Å². The summed E-state index contributed by atoms with van der Waals surface area (Å²) >= 11 is 0. The SMILES string of the molecule is CCc1cccc(C)c1NC(=O)Cn1cc(-c2nc(-c3ccc(OC)cc3)no2)ccc1=O. The Hall–Kier alpha value is -4.20. The van der Waals surface area contributed by atoms with Crippen LogP contribution in [0.1, 0.15) is 18.1 Å². The Balaban J connectivity index is 1.54. The Morgan fingerprint density at radius 2 is 1.85 bits per heavy atom. The first-order valence-electron chi connectivity index (χ1n) is 10.6. The topological polar surface area (TPSA) is 99.2 Å². The minimum absolute atomic E-state index is 0.135. The lowest BCUT2D eigenvalue weighted by molar-refractivity contribution is -0.116. The van der Waals surface area contributed by atoms with Gasteiger partial charge in [0, 0.05) is 23.5 Å². The molecule has 1 N–H and O–H groups in total. The smallest absolute Gasteiger partial charge is 0.259 e. The monoisotopic (exact) mass is 444 g/mol. The second kappa shape index (κ2) is 9.52. The lowest BCUT2D eigenvalue weighted by Crippen LogP contribution is -2.27. The third-order valence-electron chi connectivity index (χ3n) is 5.32. The van der Waals surface area contributed by atoms with Crippen molar-refractivity contribution < 1.29 is 14.1 Å². The number of carbonyl (C=O) groups is 1. The number of anilines is 1. The molecule has 8 nitrogen and oxygen atoms in total. The van der Waals surface area contributed by atoms with Gasteiger partial charge in [0.15, 0.2) is 0 Å². The van der Waals surface area contributed by atoms with Crippen LogP contribution in [0.15, 0.2) is 70.1 Å². The first-order chi connectivity index (χ1) is 16.0. The zero-order valence-corrected chi connectivity index (χ0v) is 18.7. The van der Waals surface area contributed by atoms with Crippen molar-refractivity contribution in [2.45, 2.75) is 26.8 Å². The molecular formula is C25H24N4O4. The van der Waals surface area contributed by atoms with E-state index in [1.807, 2.05) is 56.3 Å². The number of nitrogens with zero attached hydrogens (tertiary/aromatic N) is 3. The highest BCUT2D eigenvalue weighted by atomic mass is 16.5. The maximum atomic E-state index is 12.7. The standard InChI is InChI=1S/C25H24N4O4/c1-4-17-7-5-6-16(2)23(17)26-21(30)15-29-14-19(10-13-22(29)31)25-27-24(28-33-25)18-8-11-20(32-3)12-9-18/h5-14H,4,15H2,1-3H3,(H,26,30). The van der Waals surface area contributed by atoms with Gasteiger partial charge in [0.2, 0.25) is 11.7 Å². The molecule has 8 heteroatoms. The van der Waals surface area contributed by atoms with Gasteiger partial charge in [-0.1, -0.05) is 30.3 Å². The fourth-order valence-electron chi connectivity index (χ4n) is 3.52. The molecule has 0 bridgehead atoms. The molecule has 0 unspecified atom stereocenters. The van der Waals surface area contributed by atoms with Gasteiger partial charge in [0.05, 0.1) is 12.7 Å². The highest BCUT2D eigenvalue weighted by Gasteiger charge is 2.14. The van der Waals surface area contributed by atoms with Crippen LogP contribution in [-0.4, -0.2) is 27.7 Å². The molecule has 0 saturated heterocycles. The molecule has 0 saturated carbocycles. The van der Waals surface area contributed by atoms with Gasteiger partial charge >= 0.3 is 0 Å². The van der Waals surface area contributed by atoms with Crippen molar-refractivity contribution in [3.8, 4) is 28.6 Å². The molecule has 1 amide bonds. The molecule has 0 aliphatic carbocycles. The number of aryl methyl sites for hydroxylation is 2. The van der Waals surface area contributed by atoms with Gasteiger partial charge in [-0.05, 0) is 54.8 Å². The second-order valence-corrected chi connectivity index (χ2v) is 7.55. The van der Waals surface area contributed by atoms with E-state index in [2.05, 4.69) is 15.5 Å². The molecule has 2 heterocycles. The fraction of sp³-hybridized carbons (Fsp3) is 0.200. The Morgan fingerprint density at radius 1 is 1.09 bits per heavy atom. The Kier molecular flexibility index (Phi) is 6.35. The van der Waals surface area contributed by atoms with E-state index in [-0.39, 0.29) is 23.9 Å². The van der Waals surface area contributed by atoms with E-state index >= 15 is 0 Å². The number of ether oxygens (including phenoxy) is 1. The van der Waals surface area contributed by atoms with Crippen LogP contribution in [0.4, 0.5) is 5.69 Å². The van der Waals surface area contributed by atoms with Crippen LogP contribution in [0.2, 0.25) is 0 Å². The van der Waals surface area contributed by atoms with Gasteiger partial charge in [-0.2, -0.15) is 4.98 Å². The summed E-state index contributed by atoms with van der Waals surface area (Å²) < 4.78 is 11.9. The maximum absolute atomic E-state index is 12.7.